The molecule has 1 fully saturated rings. The second-order valence-electron chi connectivity index (χ2n) is 8.04. The molecule has 31 heavy (non-hydrogen) atoms. The highest BCUT2D eigenvalue weighted by atomic mass is 19.1. The van der Waals surface area contributed by atoms with Crippen LogP contribution in [0.2, 0.25) is 0 Å². The molecule has 2 heterocycles. The molecule has 2 aromatic carbocycles. The van der Waals surface area contributed by atoms with Crippen LogP contribution in [0.15, 0.2) is 59.5 Å². The predicted molar refractivity (Wildman–Crippen MR) is 118 cm³/mol. The standard InChI is InChI=1S/C24H25FN4O2/c25-19-6-3-7-20(15-19)29-24(30)23(22(16-27-29)28-12-10-26-11-13-28)31-21-9-8-17-4-1-2-5-18(17)14-21/h1-7,15-16,21,26H,8-14H2. The van der Waals surface area contributed by atoms with Crippen molar-refractivity contribution in [3.8, 4) is 11.4 Å². The van der Waals surface area contributed by atoms with Crippen LogP contribution in [0, 0.1) is 5.82 Å². The van der Waals surface area contributed by atoms with Gasteiger partial charge in [-0.1, -0.05) is 30.3 Å². The van der Waals surface area contributed by atoms with E-state index in [2.05, 4.69) is 33.5 Å². The number of aryl methyl sites for hydroxylation is 1. The number of ether oxygens (including phenoxy) is 1. The van der Waals surface area contributed by atoms with Gasteiger partial charge in [-0.2, -0.15) is 9.78 Å². The van der Waals surface area contributed by atoms with Crippen LogP contribution in [0.3, 0.4) is 0 Å². The van der Waals surface area contributed by atoms with E-state index in [-0.39, 0.29) is 11.7 Å². The maximum absolute atomic E-state index is 13.8. The second-order valence-corrected chi connectivity index (χ2v) is 8.04. The third kappa shape index (κ3) is 4.05. The summed E-state index contributed by atoms with van der Waals surface area (Å²) in [6.45, 7) is 3.22. The van der Waals surface area contributed by atoms with Gasteiger partial charge < -0.3 is 15.0 Å². The van der Waals surface area contributed by atoms with Gasteiger partial charge in [-0.15, -0.1) is 0 Å². The Morgan fingerprint density at radius 3 is 2.68 bits per heavy atom. The number of rotatable bonds is 4. The lowest BCUT2D eigenvalue weighted by Crippen LogP contribution is -2.44. The molecule has 0 saturated carbocycles. The van der Waals surface area contributed by atoms with Gasteiger partial charge in [0.1, 0.15) is 17.6 Å². The molecule has 1 aromatic heterocycles. The van der Waals surface area contributed by atoms with E-state index in [0.29, 0.717) is 17.1 Å². The van der Waals surface area contributed by atoms with Gasteiger partial charge in [0.05, 0.1) is 11.9 Å². The number of hydrogen-bond donors (Lipinski definition) is 1. The summed E-state index contributed by atoms with van der Waals surface area (Å²) < 4.78 is 21.4. The molecule has 1 unspecified atom stereocenters. The average molecular weight is 420 g/mol. The molecule has 1 atom stereocenters. The summed E-state index contributed by atoms with van der Waals surface area (Å²) in [6.07, 6.45) is 4.11. The number of benzene rings is 2. The van der Waals surface area contributed by atoms with Gasteiger partial charge in [0.15, 0.2) is 0 Å². The van der Waals surface area contributed by atoms with E-state index in [1.54, 1.807) is 18.3 Å². The van der Waals surface area contributed by atoms with Crippen LogP contribution in [-0.4, -0.2) is 42.1 Å². The minimum Gasteiger partial charge on any atom is -0.483 e. The normalized spacial score (nSPS) is 18.5. The highest BCUT2D eigenvalue weighted by Gasteiger charge is 2.26. The monoisotopic (exact) mass is 420 g/mol. The maximum atomic E-state index is 13.8. The molecule has 0 amide bonds. The minimum atomic E-state index is -0.413. The maximum Gasteiger partial charge on any atom is 0.316 e. The van der Waals surface area contributed by atoms with Gasteiger partial charge in [-0.3, -0.25) is 4.79 Å². The SMILES string of the molecule is O=c1c(OC2CCc3ccccc3C2)c(N2CCNCC2)cnn1-c1cccc(F)c1. The molecule has 1 saturated heterocycles. The molecule has 1 aliphatic heterocycles. The fourth-order valence-corrected chi connectivity index (χ4v) is 4.39. The topological polar surface area (TPSA) is 59.4 Å². The zero-order chi connectivity index (χ0) is 21.2. The molecule has 1 N–H and O–H groups in total. The lowest BCUT2D eigenvalue weighted by molar-refractivity contribution is 0.181. The molecule has 160 valence electrons. The Morgan fingerprint density at radius 1 is 1.06 bits per heavy atom. The first-order chi connectivity index (χ1) is 15.2. The zero-order valence-electron chi connectivity index (χ0n) is 17.3. The summed E-state index contributed by atoms with van der Waals surface area (Å²) in [7, 11) is 0. The molecule has 0 bridgehead atoms. The number of fused-ring (bicyclic) bond motifs is 1. The summed E-state index contributed by atoms with van der Waals surface area (Å²) in [5, 5.41) is 7.68. The number of piperazine rings is 1. The van der Waals surface area contributed by atoms with Crippen molar-refractivity contribution in [2.45, 2.75) is 25.4 Å². The van der Waals surface area contributed by atoms with E-state index in [4.69, 9.17) is 4.74 Å². The lowest BCUT2D eigenvalue weighted by Gasteiger charge is -2.32. The average Bonchev–Trinajstić information content (AvgIpc) is 2.81. The first-order valence-corrected chi connectivity index (χ1v) is 10.8. The second kappa shape index (κ2) is 8.51. The van der Waals surface area contributed by atoms with Crippen molar-refractivity contribution in [1.82, 2.24) is 15.1 Å². The van der Waals surface area contributed by atoms with Crippen LogP contribution in [-0.2, 0) is 12.8 Å². The first kappa shape index (κ1) is 19.8. The Kier molecular flexibility index (Phi) is 5.42. The van der Waals surface area contributed by atoms with Gasteiger partial charge in [0.25, 0.3) is 0 Å². The summed E-state index contributed by atoms with van der Waals surface area (Å²) in [5.41, 5.74) is 3.34. The van der Waals surface area contributed by atoms with Crippen molar-refractivity contribution < 1.29 is 9.13 Å². The quantitative estimate of drug-likeness (QED) is 0.703. The molecule has 5 rings (SSSR count). The highest BCUT2D eigenvalue weighted by molar-refractivity contribution is 5.57. The van der Waals surface area contributed by atoms with Gasteiger partial charge in [-0.05, 0) is 42.2 Å². The lowest BCUT2D eigenvalue weighted by atomic mass is 9.90. The van der Waals surface area contributed by atoms with Crippen LogP contribution < -0.4 is 20.5 Å². The van der Waals surface area contributed by atoms with Crippen molar-refractivity contribution in [1.29, 1.82) is 0 Å². The smallest absolute Gasteiger partial charge is 0.316 e. The van der Waals surface area contributed by atoms with E-state index in [1.807, 2.05) is 6.07 Å². The van der Waals surface area contributed by atoms with Crippen LogP contribution in [0.5, 0.6) is 5.75 Å². The van der Waals surface area contributed by atoms with E-state index >= 15 is 0 Å². The van der Waals surface area contributed by atoms with E-state index < -0.39 is 5.82 Å². The third-order valence-electron chi connectivity index (χ3n) is 6.01. The summed E-state index contributed by atoms with van der Waals surface area (Å²) in [4.78, 5) is 15.6. The highest BCUT2D eigenvalue weighted by Crippen LogP contribution is 2.29. The Hall–Kier alpha value is -3.19. The van der Waals surface area contributed by atoms with Crippen LogP contribution >= 0.6 is 0 Å². The number of anilines is 1. The van der Waals surface area contributed by atoms with Crippen LogP contribution in [0.4, 0.5) is 10.1 Å². The van der Waals surface area contributed by atoms with E-state index in [0.717, 1.165) is 45.4 Å². The molecular formula is C24H25FN4O2. The number of hydrogen-bond acceptors (Lipinski definition) is 5. The molecule has 7 heteroatoms. The third-order valence-corrected chi connectivity index (χ3v) is 6.01. The van der Waals surface area contributed by atoms with Crippen molar-refractivity contribution in [2.75, 3.05) is 31.1 Å². The molecule has 6 nitrogen and oxygen atoms in total. The zero-order valence-corrected chi connectivity index (χ0v) is 17.3. The van der Waals surface area contributed by atoms with Crippen molar-refractivity contribution in [3.63, 3.8) is 0 Å². The molecule has 0 spiro atoms. The Balaban J connectivity index is 1.53. The minimum absolute atomic E-state index is 0.0902. The van der Waals surface area contributed by atoms with Crippen molar-refractivity contribution in [3.05, 3.63) is 82.0 Å². The van der Waals surface area contributed by atoms with Gasteiger partial charge in [-0.25, -0.2) is 4.39 Å². The van der Waals surface area contributed by atoms with Crippen LogP contribution in [0.25, 0.3) is 5.69 Å². The summed E-state index contributed by atoms with van der Waals surface area (Å²) >= 11 is 0. The number of nitrogens with one attached hydrogen (secondary N) is 1. The Morgan fingerprint density at radius 2 is 1.87 bits per heavy atom. The Labute approximate surface area is 180 Å². The van der Waals surface area contributed by atoms with Crippen LogP contribution in [0.1, 0.15) is 17.5 Å². The molecule has 1 aliphatic carbocycles. The van der Waals surface area contributed by atoms with Crippen molar-refractivity contribution in [2.24, 2.45) is 0 Å². The summed E-state index contributed by atoms with van der Waals surface area (Å²) in [6, 6.07) is 14.3. The number of nitrogens with zero attached hydrogens (tertiary/aromatic N) is 3. The van der Waals surface area contributed by atoms with Crippen molar-refractivity contribution >= 4 is 5.69 Å². The molecule has 3 aromatic rings. The van der Waals surface area contributed by atoms with Gasteiger partial charge in [0, 0.05) is 32.6 Å². The molecular weight excluding hydrogens is 395 g/mol. The summed E-state index contributed by atoms with van der Waals surface area (Å²) in [5.74, 6) is -0.116. The van der Waals surface area contributed by atoms with Gasteiger partial charge >= 0.3 is 5.56 Å². The fourth-order valence-electron chi connectivity index (χ4n) is 4.39. The van der Waals surface area contributed by atoms with E-state index in [1.165, 1.54) is 27.9 Å². The molecule has 2 aliphatic rings. The predicted octanol–water partition coefficient (Wildman–Crippen LogP) is 2.72. The van der Waals surface area contributed by atoms with Gasteiger partial charge in [0.2, 0.25) is 5.75 Å². The van der Waals surface area contributed by atoms with E-state index in [9.17, 15) is 9.18 Å². The number of halogens is 1. The fraction of sp³-hybridized carbons (Fsp3) is 0.333. The first-order valence-electron chi connectivity index (χ1n) is 10.8. The Bertz CT molecular complexity index is 1140. The largest absolute Gasteiger partial charge is 0.483 e. The molecule has 0 radical (unpaired) electrons. The number of aromatic nitrogens is 2.